The number of nitrogens with zero attached hydrogens (tertiary/aromatic N) is 2. The molecule has 1 aromatic rings. The van der Waals surface area contributed by atoms with E-state index in [1.54, 1.807) is 11.9 Å². The van der Waals surface area contributed by atoms with Gasteiger partial charge in [-0.15, -0.1) is 0 Å². The Hall–Kier alpha value is -2.30. The molecule has 2 heterocycles. The van der Waals surface area contributed by atoms with Gasteiger partial charge >= 0.3 is 6.03 Å². The molecule has 0 saturated heterocycles. The molecule has 0 aromatic heterocycles. The highest BCUT2D eigenvalue weighted by molar-refractivity contribution is 6.01. The lowest BCUT2D eigenvalue weighted by Gasteiger charge is -2.31. The molecule has 1 N–H and O–H groups in total. The van der Waals surface area contributed by atoms with Gasteiger partial charge in [-0.1, -0.05) is 44.2 Å². The van der Waals surface area contributed by atoms with Gasteiger partial charge in [-0.3, -0.25) is 9.69 Å². The lowest BCUT2D eigenvalue weighted by atomic mass is 9.96. The zero-order valence-electron chi connectivity index (χ0n) is 13.2. The maximum absolute atomic E-state index is 12.8. The van der Waals surface area contributed by atoms with Crippen LogP contribution in [0.25, 0.3) is 0 Å². The van der Waals surface area contributed by atoms with Crippen molar-refractivity contribution in [1.29, 1.82) is 0 Å². The first-order valence-electron chi connectivity index (χ1n) is 7.60. The van der Waals surface area contributed by atoms with Crippen molar-refractivity contribution < 1.29 is 9.59 Å². The number of rotatable bonds is 3. The van der Waals surface area contributed by atoms with Gasteiger partial charge in [0.15, 0.2) is 0 Å². The smallest absolute Gasteiger partial charge is 0.322 e. The predicted molar refractivity (Wildman–Crippen MR) is 83.9 cm³/mol. The Labute approximate surface area is 130 Å². The summed E-state index contributed by atoms with van der Waals surface area (Å²) >= 11 is 0. The molecule has 3 amide bonds. The number of carbonyl (C=O) groups excluding carboxylic acids is 2. The van der Waals surface area contributed by atoms with Crippen LogP contribution >= 0.6 is 0 Å². The van der Waals surface area contributed by atoms with Crippen LogP contribution in [0.5, 0.6) is 0 Å². The predicted octanol–water partition coefficient (Wildman–Crippen LogP) is 2.13. The lowest BCUT2D eigenvalue weighted by molar-refractivity contribution is -0.126. The fourth-order valence-corrected chi connectivity index (χ4v) is 3.11. The Kier molecular flexibility index (Phi) is 3.64. The van der Waals surface area contributed by atoms with Crippen LogP contribution in [0.3, 0.4) is 0 Å². The minimum Gasteiger partial charge on any atom is -0.333 e. The maximum atomic E-state index is 12.8. The fourth-order valence-electron chi connectivity index (χ4n) is 3.11. The Balaban J connectivity index is 1.99. The number of hydrogen-bond acceptors (Lipinski definition) is 2. The molecule has 0 radical (unpaired) electrons. The summed E-state index contributed by atoms with van der Waals surface area (Å²) < 4.78 is 0. The largest absolute Gasteiger partial charge is 0.333 e. The van der Waals surface area contributed by atoms with E-state index < -0.39 is 0 Å². The number of benzene rings is 1. The van der Waals surface area contributed by atoms with E-state index in [1.165, 1.54) is 0 Å². The molecule has 22 heavy (non-hydrogen) atoms. The quantitative estimate of drug-likeness (QED) is 0.929. The van der Waals surface area contributed by atoms with Gasteiger partial charge in [0.25, 0.3) is 5.91 Å². The van der Waals surface area contributed by atoms with E-state index >= 15 is 0 Å². The molecule has 5 heteroatoms. The van der Waals surface area contributed by atoms with Gasteiger partial charge in [0.2, 0.25) is 0 Å². The van der Waals surface area contributed by atoms with Crippen molar-refractivity contribution in [2.75, 3.05) is 20.1 Å². The van der Waals surface area contributed by atoms with E-state index in [2.05, 4.69) is 19.2 Å². The average Bonchev–Trinajstić information content (AvgIpc) is 2.81. The monoisotopic (exact) mass is 299 g/mol. The minimum absolute atomic E-state index is 0.0319. The first-order valence-corrected chi connectivity index (χ1v) is 7.60. The third-order valence-electron chi connectivity index (χ3n) is 4.15. The standard InChI is InChI=1S/C17H21N3O2/c1-11(2)9-20-10-13-14(16(20)21)15(18-17(22)19(13)3)12-7-5-4-6-8-12/h4-8,11,15H,9-10H2,1-3H3,(H,18,22). The van der Waals surface area contributed by atoms with E-state index in [1.807, 2.05) is 35.2 Å². The molecule has 1 aromatic carbocycles. The van der Waals surface area contributed by atoms with Crippen molar-refractivity contribution in [3.63, 3.8) is 0 Å². The third-order valence-corrected chi connectivity index (χ3v) is 4.15. The van der Waals surface area contributed by atoms with Gasteiger partial charge in [0.1, 0.15) is 0 Å². The molecular weight excluding hydrogens is 278 g/mol. The molecular formula is C17H21N3O2. The van der Waals surface area contributed by atoms with Crippen LogP contribution in [-0.4, -0.2) is 41.9 Å². The molecule has 3 rings (SSSR count). The van der Waals surface area contributed by atoms with Crippen LogP contribution < -0.4 is 5.32 Å². The molecule has 0 fully saturated rings. The van der Waals surface area contributed by atoms with E-state index in [4.69, 9.17) is 0 Å². The highest BCUT2D eigenvalue weighted by atomic mass is 16.2. The molecule has 1 unspecified atom stereocenters. The fraction of sp³-hybridized carbons (Fsp3) is 0.412. The van der Waals surface area contributed by atoms with Gasteiger partial charge in [-0.05, 0) is 11.5 Å². The molecule has 2 aliphatic rings. The maximum Gasteiger partial charge on any atom is 0.322 e. The highest BCUT2D eigenvalue weighted by Crippen LogP contribution is 2.35. The zero-order chi connectivity index (χ0) is 15.9. The van der Waals surface area contributed by atoms with E-state index in [-0.39, 0.29) is 18.0 Å². The second-order valence-corrected chi connectivity index (χ2v) is 6.29. The van der Waals surface area contributed by atoms with Crippen LogP contribution in [-0.2, 0) is 4.79 Å². The van der Waals surface area contributed by atoms with Crippen molar-refractivity contribution in [1.82, 2.24) is 15.1 Å². The lowest BCUT2D eigenvalue weighted by Crippen LogP contribution is -2.45. The van der Waals surface area contributed by atoms with Gasteiger partial charge in [0.05, 0.1) is 23.9 Å². The van der Waals surface area contributed by atoms with E-state index in [0.29, 0.717) is 24.6 Å². The topological polar surface area (TPSA) is 52.7 Å². The summed E-state index contributed by atoms with van der Waals surface area (Å²) in [6, 6.07) is 9.14. The van der Waals surface area contributed by atoms with Crippen molar-refractivity contribution in [2.45, 2.75) is 19.9 Å². The van der Waals surface area contributed by atoms with Crippen molar-refractivity contribution in [3.8, 4) is 0 Å². The summed E-state index contributed by atoms with van der Waals surface area (Å²) in [6.07, 6.45) is 0. The number of likely N-dealkylation sites (N-methyl/N-ethyl adjacent to an activating group) is 1. The first-order chi connectivity index (χ1) is 10.5. The molecule has 5 nitrogen and oxygen atoms in total. The SMILES string of the molecule is CC(C)CN1CC2=C(C1=O)C(c1ccccc1)NC(=O)N2C. The summed E-state index contributed by atoms with van der Waals surface area (Å²) in [4.78, 5) is 28.4. The van der Waals surface area contributed by atoms with E-state index in [9.17, 15) is 9.59 Å². The molecule has 0 aliphatic carbocycles. The number of nitrogens with one attached hydrogen (secondary N) is 1. The second kappa shape index (κ2) is 5.48. The summed E-state index contributed by atoms with van der Waals surface area (Å²) in [5.74, 6) is 0.429. The first kappa shape index (κ1) is 14.6. The van der Waals surface area contributed by atoms with Crippen LogP contribution in [0.15, 0.2) is 41.6 Å². The molecule has 2 aliphatic heterocycles. The van der Waals surface area contributed by atoms with Crippen LogP contribution in [0, 0.1) is 5.92 Å². The molecule has 0 saturated carbocycles. The molecule has 0 bridgehead atoms. The van der Waals surface area contributed by atoms with Gasteiger partial charge in [-0.2, -0.15) is 0 Å². The minimum atomic E-state index is -0.357. The van der Waals surface area contributed by atoms with Crippen LogP contribution in [0.1, 0.15) is 25.5 Å². The van der Waals surface area contributed by atoms with Crippen molar-refractivity contribution in [3.05, 3.63) is 47.2 Å². The Morgan fingerprint density at radius 3 is 2.55 bits per heavy atom. The summed E-state index contributed by atoms with van der Waals surface area (Å²) in [6.45, 7) is 5.40. The Morgan fingerprint density at radius 2 is 1.91 bits per heavy atom. The highest BCUT2D eigenvalue weighted by Gasteiger charge is 2.42. The van der Waals surface area contributed by atoms with E-state index in [0.717, 1.165) is 11.3 Å². The number of carbonyl (C=O) groups is 2. The molecule has 0 spiro atoms. The van der Waals surface area contributed by atoms with Gasteiger partial charge < -0.3 is 10.2 Å². The van der Waals surface area contributed by atoms with Crippen molar-refractivity contribution in [2.24, 2.45) is 5.92 Å². The van der Waals surface area contributed by atoms with Crippen molar-refractivity contribution >= 4 is 11.9 Å². The zero-order valence-corrected chi connectivity index (χ0v) is 13.2. The Bertz CT molecular complexity index is 637. The van der Waals surface area contributed by atoms with Crippen LogP contribution in [0.2, 0.25) is 0 Å². The van der Waals surface area contributed by atoms with Gasteiger partial charge in [0, 0.05) is 13.6 Å². The summed E-state index contributed by atoms with van der Waals surface area (Å²) in [7, 11) is 1.72. The second-order valence-electron chi connectivity index (χ2n) is 6.29. The Morgan fingerprint density at radius 1 is 1.23 bits per heavy atom. The summed E-state index contributed by atoms with van der Waals surface area (Å²) in [5, 5.41) is 2.94. The van der Waals surface area contributed by atoms with Gasteiger partial charge in [-0.25, -0.2) is 4.79 Å². The molecule has 1 atom stereocenters. The number of hydrogen-bond donors (Lipinski definition) is 1. The third kappa shape index (κ3) is 2.36. The summed E-state index contributed by atoms with van der Waals surface area (Å²) in [5.41, 5.74) is 2.47. The number of urea groups is 1. The molecule has 116 valence electrons. The number of amides is 3. The normalized spacial score (nSPS) is 21.5. The average molecular weight is 299 g/mol. The van der Waals surface area contributed by atoms with Crippen LogP contribution in [0.4, 0.5) is 4.79 Å².